The number of carbonyl (C=O) groups is 1. The van der Waals surface area contributed by atoms with Gasteiger partial charge < -0.3 is 9.84 Å². The van der Waals surface area contributed by atoms with Crippen LogP contribution in [0.5, 0.6) is 5.88 Å². The van der Waals surface area contributed by atoms with Gasteiger partial charge in [0.15, 0.2) is 0 Å². The third kappa shape index (κ3) is 1.88. The van der Waals surface area contributed by atoms with Gasteiger partial charge >= 0.3 is 5.97 Å². The van der Waals surface area contributed by atoms with E-state index in [2.05, 4.69) is 5.10 Å². The summed E-state index contributed by atoms with van der Waals surface area (Å²) in [6.45, 7) is 0. The third-order valence-corrected chi connectivity index (χ3v) is 1.22. The number of ether oxygens (including phenoxy) is 1. The largest absolute Gasteiger partial charge is 0.479 e. The maximum atomic E-state index is 10.5. The second-order valence-electron chi connectivity index (χ2n) is 2.03. The van der Waals surface area contributed by atoms with Crippen LogP contribution in [0, 0.1) is 0 Å². The van der Waals surface area contributed by atoms with E-state index in [9.17, 15) is 4.79 Å². The van der Waals surface area contributed by atoms with Crippen LogP contribution >= 0.6 is 12.4 Å². The van der Waals surface area contributed by atoms with E-state index in [0.29, 0.717) is 0 Å². The highest BCUT2D eigenvalue weighted by Gasteiger charge is 2.13. The number of nitrogens with zero attached hydrogens (tertiary/aromatic N) is 2. The summed E-state index contributed by atoms with van der Waals surface area (Å²) in [6, 6.07) is 0. The van der Waals surface area contributed by atoms with Crippen molar-refractivity contribution < 1.29 is 14.6 Å². The lowest BCUT2D eigenvalue weighted by atomic mass is 10.3. The van der Waals surface area contributed by atoms with Crippen molar-refractivity contribution in [2.45, 2.75) is 0 Å². The molecule has 1 heterocycles. The first-order valence-electron chi connectivity index (χ1n) is 2.96. The number of halogens is 1. The maximum Gasteiger partial charge on any atom is 0.342 e. The highest BCUT2D eigenvalue weighted by molar-refractivity contribution is 5.89. The Morgan fingerprint density at radius 1 is 1.75 bits per heavy atom. The van der Waals surface area contributed by atoms with E-state index in [1.807, 2.05) is 0 Å². The van der Waals surface area contributed by atoms with Gasteiger partial charge in [0.1, 0.15) is 5.56 Å². The normalized spacial score (nSPS) is 8.83. The Hall–Kier alpha value is -1.23. The zero-order chi connectivity index (χ0) is 8.43. The zero-order valence-corrected chi connectivity index (χ0v) is 7.46. The summed E-state index contributed by atoms with van der Waals surface area (Å²) in [5.74, 6) is -0.894. The van der Waals surface area contributed by atoms with Gasteiger partial charge in [-0.3, -0.25) is 4.68 Å². The number of hydrogen-bond donors (Lipinski definition) is 1. The van der Waals surface area contributed by atoms with Crippen molar-refractivity contribution in [3.63, 3.8) is 0 Å². The molecule has 0 atom stereocenters. The van der Waals surface area contributed by atoms with Gasteiger partial charge in [-0.15, -0.1) is 17.5 Å². The van der Waals surface area contributed by atoms with Crippen LogP contribution in [0.15, 0.2) is 6.20 Å². The standard InChI is InChI=1S/C6H8N2O3.ClH/c1-8-3-4(6(9)10)5(7-8)11-2;/h3H,1-2H3,(H,9,10);1H. The molecule has 1 rings (SSSR count). The smallest absolute Gasteiger partial charge is 0.342 e. The lowest BCUT2D eigenvalue weighted by Gasteiger charge is -1.92. The monoisotopic (exact) mass is 192 g/mol. The van der Waals surface area contributed by atoms with Crippen molar-refractivity contribution >= 4 is 18.4 Å². The van der Waals surface area contributed by atoms with Crippen LogP contribution in [0.1, 0.15) is 10.4 Å². The first-order chi connectivity index (χ1) is 5.15. The first kappa shape index (κ1) is 10.8. The van der Waals surface area contributed by atoms with E-state index in [1.54, 1.807) is 7.05 Å². The summed E-state index contributed by atoms with van der Waals surface area (Å²) in [6.07, 6.45) is 1.39. The molecule has 0 unspecified atom stereocenters. The number of carboxylic acids is 1. The summed E-state index contributed by atoms with van der Waals surface area (Å²) >= 11 is 0. The molecule has 68 valence electrons. The Balaban J connectivity index is 0.00000121. The van der Waals surface area contributed by atoms with E-state index in [4.69, 9.17) is 9.84 Å². The van der Waals surface area contributed by atoms with Crippen LogP contribution < -0.4 is 4.74 Å². The summed E-state index contributed by atoms with van der Waals surface area (Å²) in [5, 5.41) is 12.3. The Morgan fingerprint density at radius 2 is 2.33 bits per heavy atom. The lowest BCUT2D eigenvalue weighted by Crippen LogP contribution is -1.97. The number of rotatable bonds is 2. The molecule has 0 saturated carbocycles. The molecule has 1 aromatic rings. The Morgan fingerprint density at radius 3 is 2.67 bits per heavy atom. The van der Waals surface area contributed by atoms with Crippen LogP contribution in [-0.4, -0.2) is 28.0 Å². The zero-order valence-electron chi connectivity index (χ0n) is 6.64. The van der Waals surface area contributed by atoms with Crippen LogP contribution in [0.2, 0.25) is 0 Å². The van der Waals surface area contributed by atoms with Crippen molar-refractivity contribution in [1.82, 2.24) is 9.78 Å². The minimum atomic E-state index is -1.03. The van der Waals surface area contributed by atoms with Crippen molar-refractivity contribution in [3.8, 4) is 5.88 Å². The van der Waals surface area contributed by atoms with Gasteiger partial charge in [-0.05, 0) is 0 Å². The SMILES string of the molecule is COc1nn(C)cc1C(=O)O.Cl. The van der Waals surface area contributed by atoms with Crippen LogP contribution in [-0.2, 0) is 7.05 Å². The molecule has 0 bridgehead atoms. The predicted molar refractivity (Wildman–Crippen MR) is 44.0 cm³/mol. The molecule has 5 nitrogen and oxygen atoms in total. The maximum absolute atomic E-state index is 10.5. The first-order valence-corrected chi connectivity index (χ1v) is 2.96. The number of aryl methyl sites for hydroxylation is 1. The summed E-state index contributed by atoms with van der Waals surface area (Å²) in [4.78, 5) is 10.5. The van der Waals surface area contributed by atoms with Gasteiger partial charge in [0.25, 0.3) is 0 Å². The minimum Gasteiger partial charge on any atom is -0.479 e. The Bertz CT molecular complexity index is 284. The highest BCUT2D eigenvalue weighted by Crippen LogP contribution is 2.13. The summed E-state index contributed by atoms with van der Waals surface area (Å²) < 4.78 is 6.11. The van der Waals surface area contributed by atoms with Crippen LogP contribution in [0.25, 0.3) is 0 Å². The predicted octanol–water partition coefficient (Wildman–Crippen LogP) is 0.549. The molecule has 0 aliphatic carbocycles. The molecule has 1 aromatic heterocycles. The van der Waals surface area contributed by atoms with Crippen molar-refractivity contribution in [2.75, 3.05) is 7.11 Å². The molecule has 6 heteroatoms. The van der Waals surface area contributed by atoms with Gasteiger partial charge in [0.05, 0.1) is 7.11 Å². The molecule has 0 amide bonds. The topological polar surface area (TPSA) is 64.4 Å². The van der Waals surface area contributed by atoms with Crippen LogP contribution in [0.3, 0.4) is 0 Å². The molecule has 0 aliphatic heterocycles. The second kappa shape index (κ2) is 3.96. The van der Waals surface area contributed by atoms with Gasteiger partial charge in [-0.25, -0.2) is 4.79 Å². The lowest BCUT2D eigenvalue weighted by molar-refractivity contribution is 0.0693. The molecule has 0 spiro atoms. The molecule has 0 fully saturated rings. The molecule has 1 N–H and O–H groups in total. The Kier molecular flexibility index (Phi) is 3.56. The quantitative estimate of drug-likeness (QED) is 0.743. The van der Waals surface area contributed by atoms with E-state index >= 15 is 0 Å². The fourth-order valence-corrected chi connectivity index (χ4v) is 0.766. The van der Waals surface area contributed by atoms with Gasteiger partial charge in [-0.1, -0.05) is 0 Å². The molecule has 0 aromatic carbocycles. The molecule has 12 heavy (non-hydrogen) atoms. The number of methoxy groups -OCH3 is 1. The van der Waals surface area contributed by atoms with Crippen molar-refractivity contribution in [3.05, 3.63) is 11.8 Å². The van der Waals surface area contributed by atoms with Crippen molar-refractivity contribution in [2.24, 2.45) is 7.05 Å². The molecule has 0 saturated heterocycles. The number of aromatic nitrogens is 2. The number of aromatic carboxylic acids is 1. The van der Waals surface area contributed by atoms with E-state index in [0.717, 1.165) is 0 Å². The minimum absolute atomic E-state index is 0. The average molecular weight is 193 g/mol. The molecule has 0 aliphatic rings. The molecular formula is C6H9ClN2O3. The second-order valence-corrected chi connectivity index (χ2v) is 2.03. The fraction of sp³-hybridized carbons (Fsp3) is 0.333. The molecular weight excluding hydrogens is 184 g/mol. The van der Waals surface area contributed by atoms with E-state index < -0.39 is 5.97 Å². The average Bonchev–Trinajstić information content (AvgIpc) is 2.30. The molecule has 0 radical (unpaired) electrons. The number of carboxylic acid groups (broad SMARTS) is 1. The number of hydrogen-bond acceptors (Lipinski definition) is 3. The van der Waals surface area contributed by atoms with Gasteiger partial charge in [0, 0.05) is 13.2 Å². The summed E-state index contributed by atoms with van der Waals surface area (Å²) in [5.41, 5.74) is 0.0787. The van der Waals surface area contributed by atoms with Crippen LogP contribution in [0.4, 0.5) is 0 Å². The van der Waals surface area contributed by atoms with Gasteiger partial charge in [-0.2, -0.15) is 0 Å². The van der Waals surface area contributed by atoms with E-state index in [1.165, 1.54) is 18.0 Å². The highest BCUT2D eigenvalue weighted by atomic mass is 35.5. The Labute approximate surface area is 75.4 Å². The summed E-state index contributed by atoms with van der Waals surface area (Å²) in [7, 11) is 3.02. The van der Waals surface area contributed by atoms with E-state index in [-0.39, 0.29) is 23.9 Å². The fourth-order valence-electron chi connectivity index (χ4n) is 0.766. The third-order valence-electron chi connectivity index (χ3n) is 1.22. The van der Waals surface area contributed by atoms with Gasteiger partial charge in [0.2, 0.25) is 5.88 Å². The van der Waals surface area contributed by atoms with Crippen molar-refractivity contribution in [1.29, 1.82) is 0 Å².